The molecule has 4 nitrogen and oxygen atoms in total. The van der Waals surface area contributed by atoms with Crippen LogP contribution in [0.25, 0.3) is 10.8 Å². The van der Waals surface area contributed by atoms with Gasteiger partial charge in [0, 0.05) is 10.4 Å². The smallest absolute Gasteiger partial charge is 0.759 e. The van der Waals surface area contributed by atoms with E-state index >= 15 is 0 Å². The van der Waals surface area contributed by atoms with E-state index in [9.17, 15) is 0 Å². The molecule has 0 saturated heterocycles. The molecule has 7 heteroatoms. The molecule has 0 spiro atoms. The average molecular weight is 284 g/mol. The minimum atomic E-state index is -5.17. The van der Waals surface area contributed by atoms with Gasteiger partial charge in [-0.15, -0.1) is 0 Å². The van der Waals surface area contributed by atoms with Crippen LogP contribution in [-0.4, -0.2) is 17.5 Å². The number of benzene rings is 2. The third-order valence-electron chi connectivity index (χ3n) is 2.01. The van der Waals surface area contributed by atoms with E-state index in [0.29, 0.717) is 0 Å². The largest absolute Gasteiger partial charge is 1.00 e. The fourth-order valence-corrected chi connectivity index (χ4v) is 1.39. The molecular formula is C11H10Na2O4S. The van der Waals surface area contributed by atoms with Crippen molar-refractivity contribution in [1.29, 1.82) is 0 Å². The van der Waals surface area contributed by atoms with Gasteiger partial charge in [-0.2, -0.15) is 0 Å². The maximum atomic E-state index is 8.52. The van der Waals surface area contributed by atoms with E-state index in [4.69, 9.17) is 17.5 Å². The van der Waals surface area contributed by atoms with Crippen molar-refractivity contribution in [3.63, 3.8) is 0 Å². The minimum absolute atomic E-state index is 0. The van der Waals surface area contributed by atoms with Gasteiger partial charge in [-0.3, -0.25) is 8.42 Å². The van der Waals surface area contributed by atoms with Crippen LogP contribution < -0.4 is 59.1 Å². The molecule has 0 fully saturated rings. The zero-order valence-corrected chi connectivity index (χ0v) is 15.4. The Hall–Kier alpha value is 0.570. The van der Waals surface area contributed by atoms with E-state index in [0.717, 1.165) is 0 Å². The Morgan fingerprint density at radius 3 is 1.83 bits per heavy atom. The van der Waals surface area contributed by atoms with Gasteiger partial charge in [0.2, 0.25) is 0 Å². The molecule has 18 heavy (non-hydrogen) atoms. The summed E-state index contributed by atoms with van der Waals surface area (Å²) in [5.74, 6) is 0. The van der Waals surface area contributed by atoms with Crippen LogP contribution in [0, 0.1) is 6.92 Å². The zero-order valence-electron chi connectivity index (χ0n) is 10.6. The molecule has 0 bridgehead atoms. The van der Waals surface area contributed by atoms with Crippen LogP contribution >= 0.6 is 0 Å². The summed E-state index contributed by atoms with van der Waals surface area (Å²) in [4.78, 5) is 0. The summed E-state index contributed by atoms with van der Waals surface area (Å²) >= 11 is 0. The van der Waals surface area contributed by atoms with Crippen molar-refractivity contribution in [3.05, 3.63) is 48.0 Å². The maximum Gasteiger partial charge on any atom is 1.00 e. The molecule has 0 radical (unpaired) electrons. The van der Waals surface area contributed by atoms with Crippen molar-refractivity contribution >= 4 is 21.2 Å². The number of hydrogen-bond acceptors (Lipinski definition) is 4. The second kappa shape index (κ2) is 9.47. The first kappa shape index (κ1) is 20.9. The van der Waals surface area contributed by atoms with Crippen LogP contribution in [0.1, 0.15) is 5.56 Å². The Labute approximate surface area is 151 Å². The van der Waals surface area contributed by atoms with Gasteiger partial charge in [0.1, 0.15) is 0 Å². The van der Waals surface area contributed by atoms with E-state index in [1.165, 1.54) is 16.3 Å². The van der Waals surface area contributed by atoms with Gasteiger partial charge in [-0.1, -0.05) is 42.5 Å². The van der Waals surface area contributed by atoms with Gasteiger partial charge in [0.15, 0.2) is 0 Å². The van der Waals surface area contributed by atoms with Gasteiger partial charge in [0.25, 0.3) is 0 Å². The first-order chi connectivity index (χ1) is 7.38. The average Bonchev–Trinajstić information content (AvgIpc) is 2.16. The summed E-state index contributed by atoms with van der Waals surface area (Å²) in [6, 6.07) is 14.8. The van der Waals surface area contributed by atoms with Gasteiger partial charge in [-0.25, -0.2) is 0 Å². The summed E-state index contributed by atoms with van der Waals surface area (Å²) in [5, 5.41) is 2.68. The monoisotopic (exact) mass is 284 g/mol. The van der Waals surface area contributed by atoms with Crippen molar-refractivity contribution in [2.45, 2.75) is 6.92 Å². The van der Waals surface area contributed by atoms with Crippen molar-refractivity contribution in [3.8, 4) is 0 Å². The van der Waals surface area contributed by atoms with E-state index in [1.54, 1.807) is 0 Å². The van der Waals surface area contributed by atoms with Crippen molar-refractivity contribution < 1.29 is 76.6 Å². The third-order valence-corrected chi connectivity index (χ3v) is 2.01. The molecule has 2 aromatic carbocycles. The quantitative estimate of drug-likeness (QED) is 0.279. The fourth-order valence-electron chi connectivity index (χ4n) is 1.39. The third kappa shape index (κ3) is 8.63. The van der Waals surface area contributed by atoms with Crippen LogP contribution in [0.15, 0.2) is 42.5 Å². The number of hydrogen-bond donors (Lipinski definition) is 0. The number of fused-ring (bicyclic) bond motifs is 1. The SMILES string of the molecule is Cc1cccc2ccccc12.O=S(=O)([O-])[O-].[Na+].[Na+]. The molecule has 2 rings (SSSR count). The first-order valence-corrected chi connectivity index (χ1v) is 5.82. The second-order valence-electron chi connectivity index (χ2n) is 3.20. The Kier molecular flexibility index (Phi) is 11.0. The van der Waals surface area contributed by atoms with Crippen molar-refractivity contribution in [2.24, 2.45) is 0 Å². The number of rotatable bonds is 0. The van der Waals surface area contributed by atoms with Crippen molar-refractivity contribution in [1.82, 2.24) is 0 Å². The first-order valence-electron chi connectivity index (χ1n) is 4.49. The Morgan fingerprint density at radius 2 is 1.33 bits per heavy atom. The molecule has 0 N–H and O–H groups in total. The van der Waals surface area contributed by atoms with Gasteiger partial charge in [-0.05, 0) is 23.3 Å². The Bertz CT molecular complexity index is 571. The van der Waals surface area contributed by atoms with Crippen LogP contribution in [0.2, 0.25) is 0 Å². The summed E-state index contributed by atoms with van der Waals surface area (Å²) in [6.07, 6.45) is 0. The molecule has 0 amide bonds. The molecule has 0 heterocycles. The van der Waals surface area contributed by atoms with E-state index < -0.39 is 10.4 Å². The van der Waals surface area contributed by atoms with Gasteiger partial charge in [0.05, 0.1) is 0 Å². The molecule has 86 valence electrons. The van der Waals surface area contributed by atoms with Gasteiger partial charge >= 0.3 is 59.1 Å². The van der Waals surface area contributed by atoms with Crippen LogP contribution in [0.5, 0.6) is 0 Å². The Balaban J connectivity index is 0. The molecule has 0 aliphatic heterocycles. The summed E-state index contributed by atoms with van der Waals surface area (Å²) in [5.41, 5.74) is 1.35. The summed E-state index contributed by atoms with van der Waals surface area (Å²) < 4.78 is 34.1. The fraction of sp³-hybridized carbons (Fsp3) is 0.0909. The zero-order chi connectivity index (χ0) is 12.2. The van der Waals surface area contributed by atoms with Crippen molar-refractivity contribution in [2.75, 3.05) is 0 Å². The predicted octanol–water partition coefficient (Wildman–Crippen LogP) is -4.18. The standard InChI is InChI=1S/C11H10.2Na.H2O4S/c1-9-5-4-7-10-6-2-3-8-11(9)10;;;1-5(2,3)4/h2-8H,1H3;;;(H2,1,2,3,4)/q;2*+1;/p-2. The van der Waals surface area contributed by atoms with Gasteiger partial charge < -0.3 is 9.11 Å². The summed E-state index contributed by atoms with van der Waals surface area (Å²) in [7, 11) is -5.17. The number of aryl methyl sites for hydroxylation is 1. The normalized spacial score (nSPS) is 9.50. The maximum absolute atomic E-state index is 8.52. The van der Waals surface area contributed by atoms with Crippen LogP contribution in [0.4, 0.5) is 0 Å². The predicted molar refractivity (Wildman–Crippen MR) is 59.2 cm³/mol. The molecule has 0 atom stereocenters. The second-order valence-corrected chi connectivity index (χ2v) is 4.02. The minimum Gasteiger partial charge on any atom is -0.759 e. The van der Waals surface area contributed by atoms with Crippen LogP contribution in [-0.2, 0) is 10.4 Å². The molecular weight excluding hydrogens is 274 g/mol. The van der Waals surface area contributed by atoms with Crippen LogP contribution in [0.3, 0.4) is 0 Å². The van der Waals surface area contributed by atoms with E-state index in [2.05, 4.69) is 49.4 Å². The molecule has 0 aliphatic carbocycles. The molecule has 0 saturated carbocycles. The molecule has 0 unspecified atom stereocenters. The molecule has 0 aromatic heterocycles. The Morgan fingerprint density at radius 1 is 0.889 bits per heavy atom. The molecule has 0 aliphatic rings. The summed E-state index contributed by atoms with van der Waals surface area (Å²) in [6.45, 7) is 2.14. The van der Waals surface area contributed by atoms with E-state index in [-0.39, 0.29) is 59.1 Å². The van der Waals surface area contributed by atoms with E-state index in [1.807, 2.05) is 0 Å². The topological polar surface area (TPSA) is 80.3 Å². The molecule has 2 aromatic rings.